The molecule has 0 aromatic rings. The van der Waals surface area contributed by atoms with Crippen LogP contribution in [-0.2, 0) is 9.53 Å². The highest BCUT2D eigenvalue weighted by atomic mass is 16.5. The Bertz CT molecular complexity index is 788. The SMILES string of the molecule is O=CC1=C[C@@]23CC/C=C\CCCCN4CC[C@H]1[C@@]1(C[C@H]5/C=C\CCC[C@H](O2)N5[C@@H]13)C4. The molecule has 3 saturated heterocycles. The molecular weight excluding hydrogens is 372 g/mol. The molecule has 3 bridgehead atoms. The van der Waals surface area contributed by atoms with Crippen LogP contribution >= 0.6 is 0 Å². The zero-order valence-corrected chi connectivity index (χ0v) is 18.2. The van der Waals surface area contributed by atoms with Gasteiger partial charge in [-0.3, -0.25) is 9.69 Å². The van der Waals surface area contributed by atoms with Crippen molar-refractivity contribution in [2.24, 2.45) is 11.3 Å². The first-order chi connectivity index (χ1) is 14.8. The summed E-state index contributed by atoms with van der Waals surface area (Å²) in [7, 11) is 0. The predicted molar refractivity (Wildman–Crippen MR) is 118 cm³/mol. The molecule has 1 unspecified atom stereocenters. The minimum absolute atomic E-state index is 0.148. The number of piperidine rings is 1. The highest BCUT2D eigenvalue weighted by molar-refractivity contribution is 5.76. The van der Waals surface area contributed by atoms with Gasteiger partial charge in [-0.2, -0.15) is 0 Å². The molecule has 4 nitrogen and oxygen atoms in total. The Kier molecular flexibility index (Phi) is 4.82. The third-order valence-electron chi connectivity index (χ3n) is 9.00. The summed E-state index contributed by atoms with van der Waals surface area (Å²) in [6.45, 7) is 3.48. The predicted octanol–water partition coefficient (Wildman–Crippen LogP) is 4.23. The molecule has 30 heavy (non-hydrogen) atoms. The van der Waals surface area contributed by atoms with E-state index in [4.69, 9.17) is 4.74 Å². The maximum atomic E-state index is 12.4. The summed E-state index contributed by atoms with van der Waals surface area (Å²) >= 11 is 0. The molecule has 1 aliphatic carbocycles. The summed E-state index contributed by atoms with van der Waals surface area (Å²) in [5.74, 6) is 0.397. The first-order valence-electron chi connectivity index (χ1n) is 12.4. The molecule has 0 aromatic carbocycles. The normalized spacial score (nSPS) is 50.1. The van der Waals surface area contributed by atoms with E-state index in [-0.39, 0.29) is 17.2 Å². The monoisotopic (exact) mass is 408 g/mol. The zero-order valence-electron chi connectivity index (χ0n) is 18.2. The third kappa shape index (κ3) is 2.79. The summed E-state index contributed by atoms with van der Waals surface area (Å²) in [4.78, 5) is 17.9. The van der Waals surface area contributed by atoms with Crippen molar-refractivity contribution in [1.82, 2.24) is 9.80 Å². The largest absolute Gasteiger partial charge is 0.351 e. The van der Waals surface area contributed by atoms with E-state index in [1.54, 1.807) is 0 Å². The van der Waals surface area contributed by atoms with Crippen LogP contribution in [0.15, 0.2) is 36.0 Å². The average molecular weight is 409 g/mol. The lowest BCUT2D eigenvalue weighted by atomic mass is 9.55. The summed E-state index contributed by atoms with van der Waals surface area (Å²) in [5.41, 5.74) is 0.896. The minimum atomic E-state index is -0.300. The third-order valence-corrected chi connectivity index (χ3v) is 9.00. The number of ether oxygens (including phenoxy) is 1. The molecule has 5 aliphatic heterocycles. The summed E-state index contributed by atoms with van der Waals surface area (Å²) in [6.07, 6.45) is 25.0. The Balaban J connectivity index is 1.51. The van der Waals surface area contributed by atoms with E-state index in [0.29, 0.717) is 18.0 Å². The van der Waals surface area contributed by atoms with E-state index in [1.165, 1.54) is 51.4 Å². The van der Waals surface area contributed by atoms with Crippen LogP contribution in [0.3, 0.4) is 0 Å². The number of carbonyl (C=O) groups is 1. The van der Waals surface area contributed by atoms with Crippen LogP contribution in [0.2, 0.25) is 0 Å². The number of rotatable bonds is 1. The molecule has 0 saturated carbocycles. The van der Waals surface area contributed by atoms with Crippen LogP contribution in [0.25, 0.3) is 0 Å². The molecule has 4 heteroatoms. The molecule has 0 amide bonds. The highest BCUT2D eigenvalue weighted by Gasteiger charge is 2.70. The lowest BCUT2D eigenvalue weighted by Gasteiger charge is -2.55. The van der Waals surface area contributed by atoms with Crippen molar-refractivity contribution in [2.45, 2.75) is 88.1 Å². The molecular formula is C26H36N2O2. The van der Waals surface area contributed by atoms with Crippen molar-refractivity contribution in [3.63, 3.8) is 0 Å². The molecule has 3 fully saturated rings. The van der Waals surface area contributed by atoms with Gasteiger partial charge in [0.25, 0.3) is 0 Å². The van der Waals surface area contributed by atoms with E-state index < -0.39 is 0 Å². The fraction of sp³-hybridized carbons (Fsp3) is 0.731. The Hall–Kier alpha value is -1.23. The van der Waals surface area contributed by atoms with Gasteiger partial charge in [0.05, 0.1) is 6.04 Å². The fourth-order valence-electron chi connectivity index (χ4n) is 8.03. The van der Waals surface area contributed by atoms with E-state index in [1.807, 2.05) is 0 Å². The van der Waals surface area contributed by atoms with Crippen molar-refractivity contribution in [3.8, 4) is 0 Å². The first-order valence-corrected chi connectivity index (χ1v) is 12.4. The number of carbonyl (C=O) groups excluding carboxylic acids is 1. The van der Waals surface area contributed by atoms with Crippen LogP contribution in [-0.4, -0.2) is 59.6 Å². The quantitative estimate of drug-likeness (QED) is 0.480. The maximum absolute atomic E-state index is 12.4. The second-order valence-corrected chi connectivity index (χ2v) is 10.6. The summed E-state index contributed by atoms with van der Waals surface area (Å²) < 4.78 is 7.04. The summed E-state index contributed by atoms with van der Waals surface area (Å²) in [6, 6.07) is 0.876. The van der Waals surface area contributed by atoms with E-state index in [2.05, 4.69) is 40.2 Å². The fourth-order valence-corrected chi connectivity index (χ4v) is 8.03. The molecule has 6 rings (SSSR count). The van der Waals surface area contributed by atoms with Gasteiger partial charge in [-0.05, 0) is 94.9 Å². The van der Waals surface area contributed by atoms with Crippen molar-refractivity contribution in [1.29, 1.82) is 0 Å². The van der Waals surface area contributed by atoms with Crippen molar-refractivity contribution in [3.05, 3.63) is 36.0 Å². The Labute approximate surface area is 181 Å². The van der Waals surface area contributed by atoms with Crippen LogP contribution in [0.5, 0.6) is 0 Å². The molecule has 162 valence electrons. The highest BCUT2D eigenvalue weighted by Crippen LogP contribution is 2.64. The van der Waals surface area contributed by atoms with E-state index in [0.717, 1.165) is 44.3 Å². The Morgan fingerprint density at radius 3 is 2.87 bits per heavy atom. The topological polar surface area (TPSA) is 32.8 Å². The molecule has 6 aliphatic rings. The molecule has 0 radical (unpaired) electrons. The first kappa shape index (κ1) is 19.5. The number of aldehydes is 1. The van der Waals surface area contributed by atoms with Gasteiger partial charge in [-0.1, -0.05) is 24.3 Å². The van der Waals surface area contributed by atoms with Gasteiger partial charge in [-0.25, -0.2) is 0 Å². The van der Waals surface area contributed by atoms with Crippen LogP contribution in [0.1, 0.15) is 64.2 Å². The van der Waals surface area contributed by atoms with Crippen LogP contribution in [0, 0.1) is 11.3 Å². The second kappa shape index (κ2) is 7.43. The number of hydrogen-bond acceptors (Lipinski definition) is 4. The van der Waals surface area contributed by atoms with Gasteiger partial charge >= 0.3 is 0 Å². The lowest BCUT2D eigenvalue weighted by Crippen LogP contribution is -2.63. The number of nitrogens with zero attached hydrogens (tertiary/aromatic N) is 2. The smallest absolute Gasteiger partial charge is 0.146 e. The molecule has 0 N–H and O–H groups in total. The lowest BCUT2D eigenvalue weighted by molar-refractivity contribution is -0.109. The number of allylic oxidation sites excluding steroid dienone is 4. The Morgan fingerprint density at radius 2 is 1.93 bits per heavy atom. The van der Waals surface area contributed by atoms with Crippen molar-refractivity contribution in [2.75, 3.05) is 19.6 Å². The number of fused-ring (bicyclic) bond motifs is 1. The Morgan fingerprint density at radius 1 is 1.03 bits per heavy atom. The standard InChI is InChI=1S/C26H36N2O2/c29-18-20-16-26-13-8-3-1-2-4-9-14-27-15-12-22(20)25(19-27)17-21-10-6-5-7-11-23(30-26)28(21)24(25)26/h1,3,6,10,16,18,21-24H,2,4-5,7-9,11-15,17,19H2/b3-1-,10-6-/t21-,22-,23+,24+,25-,26-/m1/s1. The van der Waals surface area contributed by atoms with Gasteiger partial charge in [0.1, 0.15) is 18.1 Å². The van der Waals surface area contributed by atoms with Crippen LogP contribution in [0.4, 0.5) is 0 Å². The molecule has 7 atom stereocenters. The van der Waals surface area contributed by atoms with Gasteiger partial charge in [0.2, 0.25) is 0 Å². The van der Waals surface area contributed by atoms with Crippen molar-refractivity contribution >= 4 is 6.29 Å². The van der Waals surface area contributed by atoms with Gasteiger partial charge < -0.3 is 9.64 Å². The minimum Gasteiger partial charge on any atom is -0.351 e. The second-order valence-electron chi connectivity index (χ2n) is 10.6. The van der Waals surface area contributed by atoms with E-state index >= 15 is 0 Å². The molecule has 5 heterocycles. The van der Waals surface area contributed by atoms with Gasteiger partial charge in [0.15, 0.2) is 0 Å². The molecule has 0 aromatic heterocycles. The van der Waals surface area contributed by atoms with Gasteiger partial charge in [0, 0.05) is 18.0 Å². The average Bonchev–Trinajstić information content (AvgIpc) is 3.23. The summed E-state index contributed by atoms with van der Waals surface area (Å²) in [5, 5.41) is 0. The van der Waals surface area contributed by atoms with E-state index in [9.17, 15) is 4.79 Å². The maximum Gasteiger partial charge on any atom is 0.146 e. The van der Waals surface area contributed by atoms with Crippen LogP contribution < -0.4 is 0 Å². The molecule has 1 spiro atoms. The number of hydrogen-bond donors (Lipinski definition) is 0. The van der Waals surface area contributed by atoms with Crippen molar-refractivity contribution < 1.29 is 9.53 Å². The van der Waals surface area contributed by atoms with Gasteiger partial charge in [-0.15, -0.1) is 0 Å². The zero-order chi connectivity index (χ0) is 20.2.